The minimum absolute atomic E-state index is 0.150. The first-order chi connectivity index (χ1) is 17.4. The van der Waals surface area contributed by atoms with Crippen LogP contribution in [-0.4, -0.2) is 68.4 Å². The van der Waals surface area contributed by atoms with Gasteiger partial charge in [-0.1, -0.05) is 23.5 Å². The van der Waals surface area contributed by atoms with Crippen molar-refractivity contribution in [2.75, 3.05) is 31.1 Å². The summed E-state index contributed by atoms with van der Waals surface area (Å²) in [5.41, 5.74) is 2.12. The lowest BCUT2D eigenvalue weighted by atomic mass is 10.1. The van der Waals surface area contributed by atoms with Crippen molar-refractivity contribution in [3.8, 4) is 0 Å². The van der Waals surface area contributed by atoms with E-state index < -0.39 is 5.82 Å². The molecular formula is C26H31FN6O2S. The fourth-order valence-electron chi connectivity index (χ4n) is 4.39. The molecule has 0 fully saturated rings. The average Bonchev–Trinajstić information content (AvgIpc) is 3.35. The van der Waals surface area contributed by atoms with Gasteiger partial charge in [-0.25, -0.2) is 4.39 Å². The van der Waals surface area contributed by atoms with E-state index in [2.05, 4.69) is 33.3 Å². The number of carbonyl (C=O) groups is 2. The van der Waals surface area contributed by atoms with Gasteiger partial charge in [0, 0.05) is 45.0 Å². The third-order valence-electron chi connectivity index (χ3n) is 6.42. The molecule has 0 aliphatic carbocycles. The van der Waals surface area contributed by atoms with Crippen molar-refractivity contribution in [1.82, 2.24) is 24.4 Å². The molecule has 190 valence electrons. The lowest BCUT2D eigenvalue weighted by molar-refractivity contribution is 0.0715. The van der Waals surface area contributed by atoms with Crippen LogP contribution < -0.4 is 4.90 Å². The second-order valence-electron chi connectivity index (χ2n) is 9.06. The van der Waals surface area contributed by atoms with E-state index in [4.69, 9.17) is 0 Å². The molecule has 1 aliphatic rings. The van der Waals surface area contributed by atoms with Crippen molar-refractivity contribution in [3.05, 3.63) is 70.2 Å². The number of pyridine rings is 1. The Kier molecular flexibility index (Phi) is 8.37. The van der Waals surface area contributed by atoms with Gasteiger partial charge in [-0.3, -0.25) is 19.5 Å². The predicted molar refractivity (Wildman–Crippen MR) is 138 cm³/mol. The number of nitrogens with zero attached hydrogens (tertiary/aromatic N) is 6. The molecule has 0 saturated heterocycles. The van der Waals surface area contributed by atoms with Gasteiger partial charge < -0.3 is 9.80 Å². The van der Waals surface area contributed by atoms with Gasteiger partial charge >= 0.3 is 0 Å². The van der Waals surface area contributed by atoms with Crippen molar-refractivity contribution in [2.24, 2.45) is 0 Å². The van der Waals surface area contributed by atoms with E-state index in [1.54, 1.807) is 40.3 Å². The fourth-order valence-corrected chi connectivity index (χ4v) is 5.11. The van der Waals surface area contributed by atoms with Crippen LogP contribution in [0.5, 0.6) is 0 Å². The first kappa shape index (κ1) is 25.8. The molecule has 36 heavy (non-hydrogen) atoms. The largest absolute Gasteiger partial charge is 0.332 e. The van der Waals surface area contributed by atoms with Crippen LogP contribution in [0.15, 0.2) is 42.6 Å². The summed E-state index contributed by atoms with van der Waals surface area (Å²) in [5, 5.41) is 4.11. The maximum Gasteiger partial charge on any atom is 0.276 e. The number of hydrogen-bond donors (Lipinski definition) is 0. The summed E-state index contributed by atoms with van der Waals surface area (Å²) in [7, 11) is 0. The number of aromatic nitrogens is 3. The molecule has 1 aliphatic heterocycles. The molecule has 4 rings (SSSR count). The molecule has 1 aromatic carbocycles. The lowest BCUT2D eigenvalue weighted by Crippen LogP contribution is -2.41. The Labute approximate surface area is 214 Å². The van der Waals surface area contributed by atoms with Crippen LogP contribution in [0.1, 0.15) is 58.6 Å². The Bertz CT molecular complexity index is 1200. The first-order valence-electron chi connectivity index (χ1n) is 12.2. The molecule has 2 amide bonds. The van der Waals surface area contributed by atoms with Gasteiger partial charge in [-0.15, -0.1) is 5.10 Å². The summed E-state index contributed by atoms with van der Waals surface area (Å²) in [6, 6.07) is 9.84. The standard InChI is InChI=1S/C26H31FN6O2S/c1-4-21-24(36-30-29-21)26(35)32-15-14-31(18(2)3)12-7-13-33(25(34)22-8-5-6-11-28-22)23-16-20(27)10-9-19(23)17-32/h5-6,8-11,16,18H,4,7,12-15,17H2,1-3H3. The molecule has 8 nitrogen and oxygen atoms in total. The second kappa shape index (κ2) is 11.7. The van der Waals surface area contributed by atoms with E-state index in [0.717, 1.165) is 18.1 Å². The number of amides is 2. The van der Waals surface area contributed by atoms with E-state index in [9.17, 15) is 14.0 Å². The average molecular weight is 511 g/mol. The lowest BCUT2D eigenvalue weighted by Gasteiger charge is -2.30. The highest BCUT2D eigenvalue weighted by Crippen LogP contribution is 2.27. The van der Waals surface area contributed by atoms with E-state index in [-0.39, 0.29) is 24.4 Å². The normalized spacial score (nSPS) is 15.5. The monoisotopic (exact) mass is 510 g/mol. The van der Waals surface area contributed by atoms with Gasteiger partial charge in [-0.05, 0) is 68.1 Å². The van der Waals surface area contributed by atoms with Crippen LogP contribution in [0.3, 0.4) is 0 Å². The molecule has 10 heteroatoms. The summed E-state index contributed by atoms with van der Waals surface area (Å²) in [6.07, 6.45) is 2.87. The van der Waals surface area contributed by atoms with Crippen molar-refractivity contribution >= 4 is 29.0 Å². The summed E-state index contributed by atoms with van der Waals surface area (Å²) in [6.45, 7) is 8.73. The zero-order chi connectivity index (χ0) is 25.7. The Morgan fingerprint density at radius 2 is 1.92 bits per heavy atom. The Balaban J connectivity index is 1.77. The molecule has 3 aromatic rings. The summed E-state index contributed by atoms with van der Waals surface area (Å²) in [5.74, 6) is -0.887. The molecule has 0 atom stereocenters. The van der Waals surface area contributed by atoms with Crippen LogP contribution in [0.25, 0.3) is 0 Å². The highest BCUT2D eigenvalue weighted by Gasteiger charge is 2.28. The maximum absolute atomic E-state index is 14.5. The minimum atomic E-state index is -0.441. The van der Waals surface area contributed by atoms with Gasteiger partial charge in [0.15, 0.2) is 0 Å². The number of carbonyl (C=O) groups excluding carboxylic acids is 2. The zero-order valence-electron chi connectivity index (χ0n) is 20.9. The predicted octanol–water partition coefficient (Wildman–Crippen LogP) is 4.04. The summed E-state index contributed by atoms with van der Waals surface area (Å²) < 4.78 is 18.5. The van der Waals surface area contributed by atoms with Gasteiger partial charge in [0.2, 0.25) is 0 Å². The molecular weight excluding hydrogens is 479 g/mol. The number of anilines is 1. The number of rotatable bonds is 4. The molecule has 0 bridgehead atoms. The van der Waals surface area contributed by atoms with E-state index in [0.29, 0.717) is 60.0 Å². The van der Waals surface area contributed by atoms with Crippen molar-refractivity contribution in [2.45, 2.75) is 46.2 Å². The van der Waals surface area contributed by atoms with Crippen LogP contribution >= 0.6 is 11.5 Å². The van der Waals surface area contributed by atoms with Crippen molar-refractivity contribution < 1.29 is 14.0 Å². The third-order valence-corrected chi connectivity index (χ3v) is 7.17. The van der Waals surface area contributed by atoms with Crippen molar-refractivity contribution in [1.29, 1.82) is 0 Å². The quantitative estimate of drug-likeness (QED) is 0.527. The van der Waals surface area contributed by atoms with Gasteiger partial charge in [0.05, 0.1) is 11.4 Å². The molecule has 0 unspecified atom stereocenters. The second-order valence-corrected chi connectivity index (χ2v) is 9.81. The van der Waals surface area contributed by atoms with Crippen LogP contribution in [0.4, 0.5) is 10.1 Å². The number of hydrogen-bond acceptors (Lipinski definition) is 7. The van der Waals surface area contributed by atoms with E-state index in [1.807, 2.05) is 6.92 Å². The van der Waals surface area contributed by atoms with Gasteiger partial charge in [0.25, 0.3) is 11.8 Å². The van der Waals surface area contributed by atoms with E-state index in [1.165, 1.54) is 12.1 Å². The first-order valence-corrected chi connectivity index (χ1v) is 13.0. The topological polar surface area (TPSA) is 82.5 Å². The van der Waals surface area contributed by atoms with Gasteiger partial charge in [0.1, 0.15) is 16.4 Å². The molecule has 0 saturated carbocycles. The van der Waals surface area contributed by atoms with Crippen LogP contribution in [-0.2, 0) is 13.0 Å². The summed E-state index contributed by atoms with van der Waals surface area (Å²) in [4.78, 5) is 37.6. The van der Waals surface area contributed by atoms with Crippen molar-refractivity contribution in [3.63, 3.8) is 0 Å². The molecule has 2 aromatic heterocycles. The summed E-state index contributed by atoms with van der Waals surface area (Å²) >= 11 is 1.10. The zero-order valence-corrected chi connectivity index (χ0v) is 21.7. The number of halogens is 1. The minimum Gasteiger partial charge on any atom is -0.332 e. The molecule has 0 radical (unpaired) electrons. The Morgan fingerprint density at radius 3 is 2.64 bits per heavy atom. The molecule has 0 spiro atoms. The number of fused-ring (bicyclic) bond motifs is 1. The highest BCUT2D eigenvalue weighted by molar-refractivity contribution is 7.08. The number of aryl methyl sites for hydroxylation is 1. The van der Waals surface area contributed by atoms with E-state index >= 15 is 0 Å². The SMILES string of the molecule is CCc1nnsc1C(=O)N1CCN(C(C)C)CCCN(C(=O)c2ccccn2)c2cc(F)ccc2C1. The molecule has 3 heterocycles. The maximum atomic E-state index is 14.5. The highest BCUT2D eigenvalue weighted by atomic mass is 32.1. The number of benzene rings is 1. The van der Waals surface area contributed by atoms with Crippen LogP contribution in [0.2, 0.25) is 0 Å². The Morgan fingerprint density at radius 1 is 1.08 bits per heavy atom. The Hall–Kier alpha value is -3.24. The van der Waals surface area contributed by atoms with Gasteiger partial charge in [-0.2, -0.15) is 0 Å². The van der Waals surface area contributed by atoms with Crippen LogP contribution in [0, 0.1) is 5.82 Å². The molecule has 0 N–H and O–H groups in total. The third kappa shape index (κ3) is 5.76. The smallest absolute Gasteiger partial charge is 0.276 e. The fraction of sp³-hybridized carbons (Fsp3) is 0.423.